The molecule has 1 N–H and O–H groups in total. The average Bonchev–Trinajstić information content (AvgIpc) is 3.49. The Bertz CT molecular complexity index is 1050. The molecule has 1 heterocycles. The molecule has 0 saturated heterocycles. The highest BCUT2D eigenvalue weighted by Crippen LogP contribution is 2.48. The lowest BCUT2D eigenvalue weighted by molar-refractivity contribution is -0.158. The molecule has 0 unspecified atom stereocenters. The first kappa shape index (κ1) is 23.0. The molecule has 1 aliphatic carbocycles. The fraction of sp³-hybridized carbons (Fsp3) is 0.462. The molecule has 2 aromatic rings. The second kappa shape index (κ2) is 9.33. The van der Waals surface area contributed by atoms with Crippen LogP contribution in [0.5, 0.6) is 17.2 Å². The number of amides is 1. The Labute approximate surface area is 194 Å². The Hall–Kier alpha value is -3.22. The lowest BCUT2D eigenvalue weighted by Gasteiger charge is -2.23. The highest BCUT2D eigenvalue weighted by atomic mass is 16.6. The number of hydrogen-bond acceptors (Lipinski definition) is 6. The molecular formula is C26H31NO6. The fourth-order valence-corrected chi connectivity index (χ4v) is 4.30. The van der Waals surface area contributed by atoms with Crippen LogP contribution in [0.2, 0.25) is 0 Å². The number of benzene rings is 2. The van der Waals surface area contributed by atoms with Crippen molar-refractivity contribution in [2.75, 3.05) is 20.8 Å². The molecule has 7 nitrogen and oxygen atoms in total. The second-order valence-electron chi connectivity index (χ2n) is 8.60. The first-order chi connectivity index (χ1) is 16.0. The van der Waals surface area contributed by atoms with E-state index in [9.17, 15) is 9.59 Å². The highest BCUT2D eigenvalue weighted by Gasteiger charge is 2.49. The van der Waals surface area contributed by atoms with Crippen molar-refractivity contribution in [3.05, 3.63) is 41.5 Å². The third kappa shape index (κ3) is 4.36. The van der Waals surface area contributed by atoms with Gasteiger partial charge in [0, 0.05) is 17.7 Å². The zero-order valence-corrected chi connectivity index (χ0v) is 19.7. The van der Waals surface area contributed by atoms with Crippen LogP contribution in [0.15, 0.2) is 30.3 Å². The fourth-order valence-electron chi connectivity index (χ4n) is 4.30. The van der Waals surface area contributed by atoms with Crippen LogP contribution in [-0.4, -0.2) is 38.3 Å². The predicted molar refractivity (Wildman–Crippen MR) is 124 cm³/mol. The van der Waals surface area contributed by atoms with Gasteiger partial charge in [-0.15, -0.1) is 0 Å². The van der Waals surface area contributed by atoms with E-state index in [1.165, 1.54) is 0 Å². The van der Waals surface area contributed by atoms with Crippen LogP contribution in [-0.2, 0) is 16.1 Å². The van der Waals surface area contributed by atoms with Crippen molar-refractivity contribution in [1.29, 1.82) is 0 Å². The van der Waals surface area contributed by atoms with E-state index in [2.05, 4.69) is 5.32 Å². The monoisotopic (exact) mass is 453 g/mol. The van der Waals surface area contributed by atoms with Gasteiger partial charge in [0.25, 0.3) is 5.91 Å². The number of fused-ring (bicyclic) bond motifs is 1. The van der Waals surface area contributed by atoms with E-state index >= 15 is 0 Å². The van der Waals surface area contributed by atoms with Gasteiger partial charge in [-0.25, -0.2) is 0 Å². The molecule has 0 atom stereocenters. The first-order valence-electron chi connectivity index (χ1n) is 11.5. The molecule has 1 aliphatic heterocycles. The average molecular weight is 454 g/mol. The van der Waals surface area contributed by atoms with Gasteiger partial charge in [-0.1, -0.05) is 26.0 Å². The summed E-state index contributed by atoms with van der Waals surface area (Å²) in [5.41, 5.74) is 2.65. The molecular weight excluding hydrogens is 422 g/mol. The Morgan fingerprint density at radius 2 is 1.73 bits per heavy atom. The molecule has 0 aromatic heterocycles. The standard InChI is InChI=1S/C26H31NO6/c1-5-16(6-2)25(29)33-26(12-13-26)15-32-22-18(10-11-21(30-3)23(22)31-4)17-8-7-9-19-20(17)14-27-24(19)28/h7-11,16H,5-6,12-15H2,1-4H3,(H,27,28). The topological polar surface area (TPSA) is 83.1 Å². The number of carbonyl (C=O) groups excluding carboxylic acids is 2. The maximum Gasteiger partial charge on any atom is 0.309 e. The highest BCUT2D eigenvalue weighted by molar-refractivity contribution is 6.01. The van der Waals surface area contributed by atoms with E-state index in [4.69, 9.17) is 18.9 Å². The molecule has 4 rings (SSSR count). The second-order valence-corrected chi connectivity index (χ2v) is 8.60. The van der Waals surface area contributed by atoms with Gasteiger partial charge in [-0.2, -0.15) is 0 Å². The lowest BCUT2D eigenvalue weighted by Crippen LogP contribution is -2.30. The lowest BCUT2D eigenvalue weighted by atomic mass is 9.95. The summed E-state index contributed by atoms with van der Waals surface area (Å²) in [6, 6.07) is 9.38. The zero-order valence-electron chi connectivity index (χ0n) is 19.7. The third-order valence-electron chi connectivity index (χ3n) is 6.56. The van der Waals surface area contributed by atoms with Gasteiger partial charge in [0.05, 0.1) is 20.1 Å². The number of carbonyl (C=O) groups is 2. The molecule has 0 radical (unpaired) electrons. The molecule has 1 amide bonds. The van der Waals surface area contributed by atoms with E-state index in [-0.39, 0.29) is 24.4 Å². The van der Waals surface area contributed by atoms with Crippen molar-refractivity contribution in [3.63, 3.8) is 0 Å². The Kier molecular flexibility index (Phi) is 6.49. The van der Waals surface area contributed by atoms with Crippen molar-refractivity contribution in [3.8, 4) is 28.4 Å². The van der Waals surface area contributed by atoms with Crippen molar-refractivity contribution in [2.45, 2.75) is 51.7 Å². The van der Waals surface area contributed by atoms with Gasteiger partial charge < -0.3 is 24.3 Å². The molecule has 0 bridgehead atoms. The van der Waals surface area contributed by atoms with Crippen LogP contribution in [0.4, 0.5) is 0 Å². The minimum absolute atomic E-state index is 0.0833. The molecule has 176 valence electrons. The van der Waals surface area contributed by atoms with Gasteiger partial charge in [-0.3, -0.25) is 9.59 Å². The quantitative estimate of drug-likeness (QED) is 0.533. The van der Waals surface area contributed by atoms with Gasteiger partial charge in [0.15, 0.2) is 11.5 Å². The summed E-state index contributed by atoms with van der Waals surface area (Å²) in [7, 11) is 3.14. The molecule has 2 aromatic carbocycles. The SMILES string of the molecule is CCC(CC)C(=O)OC1(COc2c(-c3cccc4c3CNC4=O)ccc(OC)c2OC)CC1. The van der Waals surface area contributed by atoms with Crippen molar-refractivity contribution < 1.29 is 28.5 Å². The summed E-state index contributed by atoms with van der Waals surface area (Å²) in [6.45, 7) is 4.67. The van der Waals surface area contributed by atoms with Crippen molar-refractivity contribution in [1.82, 2.24) is 5.32 Å². The third-order valence-corrected chi connectivity index (χ3v) is 6.56. The maximum absolute atomic E-state index is 12.6. The summed E-state index contributed by atoms with van der Waals surface area (Å²) in [5.74, 6) is 1.17. The van der Waals surface area contributed by atoms with E-state index in [1.807, 2.05) is 44.2 Å². The number of rotatable bonds is 10. The van der Waals surface area contributed by atoms with E-state index in [0.717, 1.165) is 42.4 Å². The molecule has 0 spiro atoms. The van der Waals surface area contributed by atoms with Crippen LogP contribution < -0.4 is 19.5 Å². The van der Waals surface area contributed by atoms with Crippen LogP contribution in [0, 0.1) is 5.92 Å². The van der Waals surface area contributed by atoms with Gasteiger partial charge in [0.1, 0.15) is 12.2 Å². The number of esters is 1. The smallest absolute Gasteiger partial charge is 0.309 e. The number of hydrogen-bond donors (Lipinski definition) is 1. The van der Waals surface area contributed by atoms with Gasteiger partial charge >= 0.3 is 5.97 Å². The number of ether oxygens (including phenoxy) is 4. The Balaban J connectivity index is 1.67. The maximum atomic E-state index is 12.6. The molecule has 1 fully saturated rings. The van der Waals surface area contributed by atoms with E-state index in [1.54, 1.807) is 14.2 Å². The van der Waals surface area contributed by atoms with Crippen LogP contribution >= 0.6 is 0 Å². The molecule has 7 heteroatoms. The van der Waals surface area contributed by atoms with Crippen molar-refractivity contribution in [2.24, 2.45) is 5.92 Å². The van der Waals surface area contributed by atoms with Crippen LogP contribution in [0.1, 0.15) is 55.5 Å². The first-order valence-corrected chi connectivity index (χ1v) is 11.5. The largest absolute Gasteiger partial charge is 0.493 e. The summed E-state index contributed by atoms with van der Waals surface area (Å²) in [4.78, 5) is 24.8. The van der Waals surface area contributed by atoms with Crippen molar-refractivity contribution >= 4 is 11.9 Å². The molecule has 33 heavy (non-hydrogen) atoms. The zero-order chi connectivity index (χ0) is 23.6. The predicted octanol–water partition coefficient (Wildman–Crippen LogP) is 4.51. The Morgan fingerprint density at radius 1 is 1.00 bits per heavy atom. The van der Waals surface area contributed by atoms with Crippen LogP contribution in [0.25, 0.3) is 11.1 Å². The summed E-state index contributed by atoms with van der Waals surface area (Å²) in [5, 5.41) is 2.88. The molecule has 1 saturated carbocycles. The summed E-state index contributed by atoms with van der Waals surface area (Å²) in [6.07, 6.45) is 3.04. The van der Waals surface area contributed by atoms with Gasteiger partial charge in [-0.05, 0) is 55.0 Å². The van der Waals surface area contributed by atoms with Gasteiger partial charge in [0.2, 0.25) is 5.75 Å². The summed E-state index contributed by atoms with van der Waals surface area (Å²) < 4.78 is 23.4. The van der Waals surface area contributed by atoms with E-state index < -0.39 is 5.60 Å². The normalized spacial score (nSPS) is 15.6. The van der Waals surface area contributed by atoms with E-state index in [0.29, 0.717) is 29.4 Å². The van der Waals surface area contributed by atoms with Crippen LogP contribution in [0.3, 0.4) is 0 Å². The number of methoxy groups -OCH3 is 2. The minimum Gasteiger partial charge on any atom is -0.493 e. The number of nitrogens with one attached hydrogen (secondary N) is 1. The molecule has 2 aliphatic rings. The summed E-state index contributed by atoms with van der Waals surface area (Å²) >= 11 is 0. The Morgan fingerprint density at radius 3 is 2.36 bits per heavy atom. The minimum atomic E-state index is -0.610.